The molecule has 2 heterocycles. The first-order valence-corrected chi connectivity index (χ1v) is 12.0. The van der Waals surface area contributed by atoms with Crippen molar-refractivity contribution in [3.63, 3.8) is 0 Å². The summed E-state index contributed by atoms with van der Waals surface area (Å²) in [5, 5.41) is 5.76. The normalized spacial score (nSPS) is 13.8. The molecule has 2 aromatic carbocycles. The minimum absolute atomic E-state index is 0.0584. The highest BCUT2D eigenvalue weighted by atomic mass is 19.4. The molecule has 0 unspecified atom stereocenters. The van der Waals surface area contributed by atoms with Crippen molar-refractivity contribution in [1.82, 2.24) is 25.2 Å². The van der Waals surface area contributed by atoms with Gasteiger partial charge in [0, 0.05) is 38.4 Å². The Morgan fingerprint density at radius 1 is 1.00 bits per heavy atom. The van der Waals surface area contributed by atoms with E-state index in [2.05, 4.69) is 25.6 Å². The topological polar surface area (TPSA) is 95.5 Å². The Hall–Kier alpha value is -4.09. The number of amides is 2. The lowest BCUT2D eigenvalue weighted by Gasteiger charge is -2.34. The Kier molecular flexibility index (Phi) is 8.26. The van der Waals surface area contributed by atoms with Gasteiger partial charge in [-0.1, -0.05) is 36.4 Å². The van der Waals surface area contributed by atoms with Gasteiger partial charge in [-0.05, 0) is 37.1 Å². The molecule has 1 fully saturated rings. The number of alkyl halides is 3. The third kappa shape index (κ3) is 7.21. The van der Waals surface area contributed by atoms with Crippen LogP contribution >= 0.6 is 0 Å². The van der Waals surface area contributed by atoms with Gasteiger partial charge in [-0.15, -0.1) is 0 Å². The number of hydrogen-bond donors (Lipinski definition) is 2. The van der Waals surface area contributed by atoms with Gasteiger partial charge in [0.05, 0.1) is 12.2 Å². The first kappa shape index (κ1) is 26.0. The van der Waals surface area contributed by atoms with Gasteiger partial charge >= 0.3 is 18.2 Å². The van der Waals surface area contributed by atoms with Crippen molar-refractivity contribution in [2.24, 2.45) is 0 Å². The van der Waals surface area contributed by atoms with Gasteiger partial charge in [-0.3, -0.25) is 0 Å². The van der Waals surface area contributed by atoms with E-state index in [0.29, 0.717) is 45.3 Å². The number of piperazine rings is 1. The van der Waals surface area contributed by atoms with Crippen molar-refractivity contribution in [2.75, 3.05) is 49.5 Å². The third-order valence-electron chi connectivity index (χ3n) is 5.71. The highest BCUT2D eigenvalue weighted by molar-refractivity contribution is 5.74. The molecule has 0 saturated carbocycles. The zero-order valence-corrected chi connectivity index (χ0v) is 20.3. The summed E-state index contributed by atoms with van der Waals surface area (Å²) in [6, 6.07) is 14.6. The van der Waals surface area contributed by atoms with E-state index < -0.39 is 11.7 Å². The first-order chi connectivity index (χ1) is 17.8. The maximum atomic E-state index is 13.1. The summed E-state index contributed by atoms with van der Waals surface area (Å²) >= 11 is 0. The molecule has 9 nitrogen and oxygen atoms in total. The minimum atomic E-state index is -4.47. The predicted molar refractivity (Wildman–Crippen MR) is 133 cm³/mol. The van der Waals surface area contributed by atoms with Crippen LogP contribution in [-0.4, -0.2) is 65.2 Å². The van der Waals surface area contributed by atoms with E-state index >= 15 is 0 Å². The highest BCUT2D eigenvalue weighted by Gasteiger charge is 2.30. The van der Waals surface area contributed by atoms with Crippen LogP contribution in [-0.2, 0) is 12.6 Å². The summed E-state index contributed by atoms with van der Waals surface area (Å²) < 4.78 is 44.7. The van der Waals surface area contributed by atoms with E-state index in [1.807, 2.05) is 35.2 Å². The fourth-order valence-electron chi connectivity index (χ4n) is 3.82. The Morgan fingerprint density at radius 3 is 2.46 bits per heavy atom. The van der Waals surface area contributed by atoms with Crippen molar-refractivity contribution in [3.8, 4) is 6.01 Å². The second-order valence-electron chi connectivity index (χ2n) is 8.32. The van der Waals surface area contributed by atoms with Gasteiger partial charge in [0.2, 0.25) is 11.9 Å². The van der Waals surface area contributed by atoms with Crippen LogP contribution in [0.3, 0.4) is 0 Å². The summed E-state index contributed by atoms with van der Waals surface area (Å²) in [6.07, 6.45) is -3.72. The molecule has 37 heavy (non-hydrogen) atoms. The molecule has 196 valence electrons. The predicted octanol–water partition coefficient (Wildman–Crippen LogP) is 4.11. The van der Waals surface area contributed by atoms with Gasteiger partial charge in [-0.2, -0.15) is 28.1 Å². The van der Waals surface area contributed by atoms with Crippen LogP contribution < -0.4 is 20.3 Å². The number of carbonyl (C=O) groups is 1. The van der Waals surface area contributed by atoms with E-state index in [1.165, 1.54) is 12.1 Å². The van der Waals surface area contributed by atoms with Crippen LogP contribution in [0.5, 0.6) is 6.01 Å². The van der Waals surface area contributed by atoms with Crippen LogP contribution in [0.15, 0.2) is 54.6 Å². The number of benzene rings is 2. The SMILES string of the molecule is CCOc1nc(Nc2cccc(C(F)(F)F)c2)nc(N2CCN(C(=O)NCCc3ccccc3)CC2)n1. The van der Waals surface area contributed by atoms with Gasteiger partial charge in [0.15, 0.2) is 0 Å². The van der Waals surface area contributed by atoms with Gasteiger partial charge in [-0.25, -0.2) is 4.79 Å². The van der Waals surface area contributed by atoms with Crippen LogP contribution in [0, 0.1) is 0 Å². The van der Waals surface area contributed by atoms with Gasteiger partial charge in [0.1, 0.15) is 0 Å². The maximum absolute atomic E-state index is 13.1. The van der Waals surface area contributed by atoms with E-state index in [1.54, 1.807) is 11.8 Å². The number of ether oxygens (including phenoxy) is 1. The van der Waals surface area contributed by atoms with E-state index in [-0.39, 0.29) is 23.7 Å². The average Bonchev–Trinajstić information content (AvgIpc) is 2.89. The van der Waals surface area contributed by atoms with Crippen molar-refractivity contribution >= 4 is 23.6 Å². The molecular formula is C25H28F3N7O2. The summed E-state index contributed by atoms with van der Waals surface area (Å²) in [6.45, 7) is 4.50. The van der Waals surface area contributed by atoms with Gasteiger partial charge in [0.25, 0.3) is 0 Å². The van der Waals surface area contributed by atoms with E-state index in [9.17, 15) is 18.0 Å². The molecule has 2 N–H and O–H groups in total. The number of carbonyl (C=O) groups excluding carboxylic acids is 1. The molecule has 1 saturated heterocycles. The number of nitrogens with one attached hydrogen (secondary N) is 2. The second-order valence-corrected chi connectivity index (χ2v) is 8.32. The Balaban J connectivity index is 1.38. The van der Waals surface area contributed by atoms with E-state index in [4.69, 9.17) is 4.74 Å². The molecule has 1 aromatic heterocycles. The highest BCUT2D eigenvalue weighted by Crippen LogP contribution is 2.31. The van der Waals surface area contributed by atoms with Crippen molar-refractivity contribution in [3.05, 3.63) is 65.7 Å². The minimum Gasteiger partial charge on any atom is -0.464 e. The number of nitrogens with zero attached hydrogens (tertiary/aromatic N) is 5. The zero-order chi connectivity index (χ0) is 26.3. The molecule has 12 heteroatoms. The Bertz CT molecular complexity index is 1190. The maximum Gasteiger partial charge on any atom is 0.416 e. The molecule has 0 radical (unpaired) electrons. The van der Waals surface area contributed by atoms with Crippen LogP contribution in [0.25, 0.3) is 0 Å². The number of aromatic nitrogens is 3. The van der Waals surface area contributed by atoms with Crippen molar-refractivity contribution in [1.29, 1.82) is 0 Å². The van der Waals surface area contributed by atoms with Crippen LogP contribution in [0.4, 0.5) is 35.5 Å². The van der Waals surface area contributed by atoms with E-state index in [0.717, 1.165) is 24.1 Å². The summed E-state index contributed by atoms with van der Waals surface area (Å²) in [5.74, 6) is 0.380. The van der Waals surface area contributed by atoms with Crippen LogP contribution in [0.1, 0.15) is 18.1 Å². The number of halogens is 3. The third-order valence-corrected chi connectivity index (χ3v) is 5.71. The van der Waals surface area contributed by atoms with Crippen LogP contribution in [0.2, 0.25) is 0 Å². The monoisotopic (exact) mass is 515 g/mol. The van der Waals surface area contributed by atoms with Gasteiger partial charge < -0.3 is 25.2 Å². The number of rotatable bonds is 8. The number of hydrogen-bond acceptors (Lipinski definition) is 7. The largest absolute Gasteiger partial charge is 0.464 e. The average molecular weight is 516 g/mol. The first-order valence-electron chi connectivity index (χ1n) is 12.0. The quantitative estimate of drug-likeness (QED) is 0.466. The fraction of sp³-hybridized carbons (Fsp3) is 0.360. The molecule has 0 spiro atoms. The lowest BCUT2D eigenvalue weighted by atomic mass is 10.1. The molecule has 0 atom stereocenters. The summed E-state index contributed by atoms with van der Waals surface area (Å²) in [7, 11) is 0. The smallest absolute Gasteiger partial charge is 0.416 e. The molecule has 4 rings (SSSR count). The molecule has 1 aliphatic heterocycles. The van der Waals surface area contributed by atoms with Crippen molar-refractivity contribution < 1.29 is 22.7 Å². The summed E-state index contributed by atoms with van der Waals surface area (Å²) in [4.78, 5) is 29.1. The van der Waals surface area contributed by atoms with Crippen molar-refractivity contribution in [2.45, 2.75) is 19.5 Å². The zero-order valence-electron chi connectivity index (χ0n) is 20.3. The molecule has 0 aliphatic carbocycles. The molecule has 0 bridgehead atoms. The molecular weight excluding hydrogens is 487 g/mol. The lowest BCUT2D eigenvalue weighted by Crippen LogP contribution is -2.52. The standard InChI is InChI=1S/C25H28F3N7O2/c1-2-37-23-32-21(30-20-10-6-9-19(17-20)25(26,27)28)31-22(33-23)34-13-15-35(16-14-34)24(36)29-12-11-18-7-4-3-5-8-18/h3-10,17H,2,11-16H2,1H3,(H,29,36)(H,30,31,32,33). The molecule has 2 amide bonds. The number of urea groups is 1. The fourth-order valence-corrected chi connectivity index (χ4v) is 3.82. The number of anilines is 3. The molecule has 1 aliphatic rings. The lowest BCUT2D eigenvalue weighted by molar-refractivity contribution is -0.137. The Labute approximate surface area is 212 Å². The second kappa shape index (κ2) is 11.8. The summed E-state index contributed by atoms with van der Waals surface area (Å²) in [5.41, 5.74) is 0.559. The molecule has 3 aromatic rings. The Morgan fingerprint density at radius 2 is 1.76 bits per heavy atom.